The number of hydrogen-bond acceptors (Lipinski definition) is 3. The predicted molar refractivity (Wildman–Crippen MR) is 235 cm³/mol. The summed E-state index contributed by atoms with van der Waals surface area (Å²) in [6.45, 7) is 12.0. The van der Waals surface area contributed by atoms with E-state index in [1.165, 1.54) is 11.8 Å². The van der Waals surface area contributed by atoms with Crippen LogP contribution in [-0.4, -0.2) is 18.0 Å². The summed E-state index contributed by atoms with van der Waals surface area (Å²) in [5.41, 5.74) is 9.56. The van der Waals surface area contributed by atoms with Gasteiger partial charge in [-0.25, -0.2) is 0 Å². The molecular weight excluding hydrogens is 877 g/mol. The molecule has 5 heteroatoms. The summed E-state index contributed by atoms with van der Waals surface area (Å²) in [5.74, 6) is -0.649. The molecule has 3 heterocycles. The average molecular weight is 933 g/mol. The van der Waals surface area contributed by atoms with Crippen molar-refractivity contribution in [3.63, 3.8) is 0 Å². The summed E-state index contributed by atoms with van der Waals surface area (Å²) in [6, 6.07) is 45.8. The molecule has 0 amide bonds. The molecule has 0 N–H and O–H groups in total. The van der Waals surface area contributed by atoms with Crippen molar-refractivity contribution >= 4 is 35.2 Å². The first-order valence-electron chi connectivity index (χ1n) is 21.8. The largest absolute Gasteiger partial charge is 0.501 e. The number of benzene rings is 5. The van der Waals surface area contributed by atoms with Crippen molar-refractivity contribution < 1.29 is 32.7 Å². The zero-order valence-corrected chi connectivity index (χ0v) is 36.3. The first-order chi connectivity index (χ1) is 28.7. The van der Waals surface area contributed by atoms with Crippen LogP contribution < -0.4 is 5.19 Å². The quantitative estimate of drug-likeness (QED) is 0.113. The number of aromatic nitrogens is 2. The van der Waals surface area contributed by atoms with Crippen LogP contribution in [0.25, 0.3) is 55.6 Å². The summed E-state index contributed by atoms with van der Waals surface area (Å²) in [6.07, 6.45) is 1.67. The molecule has 3 nitrogen and oxygen atoms in total. The Balaban J connectivity index is 0.000000207. The molecule has 8 aromatic rings. The van der Waals surface area contributed by atoms with E-state index in [4.69, 9.17) is 17.6 Å². The minimum Gasteiger partial charge on any atom is -0.501 e. The fourth-order valence-electron chi connectivity index (χ4n) is 6.68. The van der Waals surface area contributed by atoms with Crippen molar-refractivity contribution in [3.8, 4) is 33.6 Å². The summed E-state index contributed by atoms with van der Waals surface area (Å²) < 4.78 is 56.2. The Labute approximate surface area is 356 Å². The molecule has 8 rings (SSSR count). The number of rotatable bonds is 8. The number of fused-ring (bicyclic) bond motifs is 3. The Hall–Kier alpha value is -4.93. The van der Waals surface area contributed by atoms with Crippen LogP contribution >= 0.6 is 0 Å². The second-order valence-electron chi connectivity index (χ2n) is 15.4. The normalized spacial score (nSPS) is 13.7. The second-order valence-corrected chi connectivity index (χ2v) is 20.5. The topological polar surface area (TPSA) is 38.9 Å². The van der Waals surface area contributed by atoms with Crippen LogP contribution in [0.5, 0.6) is 0 Å². The summed E-state index contributed by atoms with van der Waals surface area (Å²) >= 11 is 0. The van der Waals surface area contributed by atoms with Crippen molar-refractivity contribution in [2.75, 3.05) is 0 Å². The molecule has 56 heavy (non-hydrogen) atoms. The van der Waals surface area contributed by atoms with E-state index in [2.05, 4.69) is 80.9 Å². The van der Waals surface area contributed by atoms with Crippen LogP contribution in [0.15, 0.2) is 138 Å². The van der Waals surface area contributed by atoms with Gasteiger partial charge in [-0.05, 0) is 69.6 Å². The van der Waals surface area contributed by atoms with Crippen molar-refractivity contribution in [2.45, 2.75) is 72.4 Å². The molecule has 0 saturated heterocycles. The molecule has 3 aromatic heterocycles. The molecule has 5 aromatic carbocycles. The third-order valence-corrected chi connectivity index (χ3v) is 11.8. The standard InChI is InChI=1S/C27H22NO.C24H28NSi.Ir/c1-17(2)24-15-25(28-16-18(24)3)23-11-7-10-22-21-13-12-20(14-26(21)29-27(22)23)19-8-5-4-6-9-19;1-18(2)20-11-13-21(14-12-20)23-16-22(15-19-9-7-6-8-10-19)24(17-25-23)26(3,4)5;/h4-10,12-17H,1-3H3;6-13,16-18H,15H2,1-5H3;/q2*-1;/i3D3,17D;15D2;. The zero-order valence-electron chi connectivity index (χ0n) is 38.9. The summed E-state index contributed by atoms with van der Waals surface area (Å²) in [4.78, 5) is 9.13. The van der Waals surface area contributed by atoms with E-state index >= 15 is 0 Å². The Kier molecular flexibility index (Phi) is 10.4. The SMILES string of the molecule is [2H]C([2H])([2H])c1cnc(-c2[c-]ccc3c2oc2cc(-c4ccccc4)ccc23)cc1C([2H])(C)C.[2H]C([2H])(c1ccccc1)c1cc(-c2[c-]cc(C(C)C)cc2)ncc1[Si](C)(C)C.[Ir]. The Morgan fingerprint density at radius 3 is 2.16 bits per heavy atom. The minimum atomic E-state index is -2.35. The van der Waals surface area contributed by atoms with E-state index in [0.717, 1.165) is 49.5 Å². The van der Waals surface area contributed by atoms with Gasteiger partial charge in [0.05, 0.1) is 13.7 Å². The van der Waals surface area contributed by atoms with E-state index in [1.807, 2.05) is 91.1 Å². The van der Waals surface area contributed by atoms with Gasteiger partial charge in [0.25, 0.3) is 0 Å². The van der Waals surface area contributed by atoms with E-state index < -0.39 is 27.2 Å². The van der Waals surface area contributed by atoms with E-state index in [-0.39, 0.29) is 25.7 Å². The van der Waals surface area contributed by atoms with E-state index in [9.17, 15) is 0 Å². The second kappa shape index (κ2) is 17.5. The van der Waals surface area contributed by atoms with Crippen LogP contribution in [-0.2, 0) is 26.5 Å². The van der Waals surface area contributed by atoms with Crippen molar-refractivity contribution in [2.24, 2.45) is 0 Å². The van der Waals surface area contributed by atoms with Crippen molar-refractivity contribution in [1.82, 2.24) is 9.97 Å². The van der Waals surface area contributed by atoms with Crippen LogP contribution in [0, 0.1) is 19.0 Å². The van der Waals surface area contributed by atoms with Gasteiger partial charge in [-0.2, -0.15) is 0 Å². The van der Waals surface area contributed by atoms with Crippen LogP contribution in [0.1, 0.15) is 75.5 Å². The molecule has 0 aliphatic rings. The van der Waals surface area contributed by atoms with Gasteiger partial charge in [-0.3, -0.25) is 0 Å². The molecule has 0 saturated carbocycles. The van der Waals surface area contributed by atoms with E-state index in [1.54, 1.807) is 19.9 Å². The van der Waals surface area contributed by atoms with Gasteiger partial charge in [0.15, 0.2) is 0 Å². The van der Waals surface area contributed by atoms with Crippen LogP contribution in [0.4, 0.5) is 0 Å². The summed E-state index contributed by atoms with van der Waals surface area (Å²) in [7, 11) is -1.78. The number of hydrogen-bond donors (Lipinski definition) is 0. The monoisotopic (exact) mass is 933 g/mol. The number of pyridine rings is 2. The minimum absolute atomic E-state index is 0. The van der Waals surface area contributed by atoms with Gasteiger partial charge in [-0.1, -0.05) is 155 Å². The fourth-order valence-corrected chi connectivity index (χ4v) is 8.08. The smallest absolute Gasteiger partial charge is 0.121 e. The van der Waals surface area contributed by atoms with E-state index in [0.29, 0.717) is 33.9 Å². The zero-order chi connectivity index (χ0) is 43.9. The van der Waals surface area contributed by atoms with Gasteiger partial charge in [-0.15, -0.1) is 53.6 Å². The van der Waals surface area contributed by atoms with Crippen LogP contribution in [0.3, 0.4) is 0 Å². The predicted octanol–water partition coefficient (Wildman–Crippen LogP) is 13.4. The third kappa shape index (κ3) is 9.03. The maximum Gasteiger partial charge on any atom is 0.121 e. The van der Waals surface area contributed by atoms with Crippen molar-refractivity contribution in [3.05, 3.63) is 174 Å². The fraction of sp³-hybridized carbons (Fsp3) is 0.216. The average Bonchev–Trinajstić information content (AvgIpc) is 3.61. The van der Waals surface area contributed by atoms with Gasteiger partial charge < -0.3 is 14.4 Å². The van der Waals surface area contributed by atoms with Gasteiger partial charge in [0.1, 0.15) is 5.58 Å². The number of nitrogens with zero attached hydrogens (tertiary/aromatic N) is 2. The summed E-state index contributed by atoms with van der Waals surface area (Å²) in [5, 5.41) is 2.98. The first kappa shape index (κ1) is 33.2. The Bertz CT molecular complexity index is 2810. The van der Waals surface area contributed by atoms with Crippen LogP contribution in [0.2, 0.25) is 19.6 Å². The van der Waals surface area contributed by atoms with Crippen molar-refractivity contribution in [1.29, 1.82) is 0 Å². The van der Waals surface area contributed by atoms with Gasteiger partial charge >= 0.3 is 0 Å². The molecule has 0 aliphatic carbocycles. The molecular formula is C51H50IrN2OSi-2. The molecule has 0 unspecified atom stereocenters. The van der Waals surface area contributed by atoms with Gasteiger partial charge in [0, 0.05) is 46.1 Å². The molecule has 0 atom stereocenters. The molecule has 285 valence electrons. The number of aryl methyl sites for hydroxylation is 1. The molecule has 1 radical (unpaired) electrons. The third-order valence-electron chi connectivity index (χ3n) is 9.78. The molecule has 0 spiro atoms. The molecule has 0 fully saturated rings. The maximum atomic E-state index is 8.93. The first-order valence-corrected chi connectivity index (χ1v) is 22.3. The number of furan rings is 1. The molecule has 0 bridgehead atoms. The molecule has 0 aliphatic heterocycles. The van der Waals surface area contributed by atoms with Gasteiger partial charge in [0.2, 0.25) is 0 Å². The maximum absolute atomic E-state index is 8.93. The Morgan fingerprint density at radius 2 is 1.50 bits per heavy atom. The Morgan fingerprint density at radius 1 is 0.768 bits per heavy atom.